The van der Waals surface area contributed by atoms with Crippen LogP contribution in [0, 0.1) is 5.92 Å². The Hall–Kier alpha value is -1.10. The average molecular weight is 243 g/mol. The highest BCUT2D eigenvalue weighted by Gasteiger charge is 2.31. The lowest BCUT2D eigenvalue weighted by molar-refractivity contribution is -0.142. The second-order valence-corrected chi connectivity index (χ2v) is 4.49. The van der Waals surface area contributed by atoms with Crippen LogP contribution >= 0.6 is 0 Å². The Bertz CT molecular complexity index is 274. The van der Waals surface area contributed by atoms with Crippen molar-refractivity contribution in [2.45, 2.75) is 51.7 Å². The third kappa shape index (κ3) is 4.34. The van der Waals surface area contributed by atoms with E-state index in [0.717, 1.165) is 12.8 Å². The van der Waals surface area contributed by atoms with Crippen molar-refractivity contribution >= 4 is 11.9 Å². The summed E-state index contributed by atoms with van der Waals surface area (Å²) >= 11 is 0. The molecule has 1 rings (SSSR count). The number of carbonyl (C=O) groups is 2. The van der Waals surface area contributed by atoms with E-state index in [1.807, 2.05) is 6.92 Å². The van der Waals surface area contributed by atoms with Crippen LogP contribution in [0.5, 0.6) is 0 Å². The maximum absolute atomic E-state index is 11.6. The largest absolute Gasteiger partial charge is 0.480 e. The first kappa shape index (κ1) is 14.0. The van der Waals surface area contributed by atoms with E-state index in [1.54, 1.807) is 6.92 Å². The molecule has 5 heteroatoms. The lowest BCUT2D eigenvalue weighted by atomic mass is 9.80. The van der Waals surface area contributed by atoms with Gasteiger partial charge in [0.2, 0.25) is 5.91 Å². The summed E-state index contributed by atoms with van der Waals surface area (Å²) in [6, 6.07) is -0.759. The van der Waals surface area contributed by atoms with Crippen LogP contribution in [0.1, 0.15) is 39.5 Å². The Kier molecular flexibility index (Phi) is 5.41. The third-order valence-corrected chi connectivity index (χ3v) is 3.11. The molecule has 0 saturated heterocycles. The molecular weight excluding hydrogens is 222 g/mol. The maximum Gasteiger partial charge on any atom is 0.326 e. The number of rotatable bonds is 7. The zero-order valence-electron chi connectivity index (χ0n) is 10.4. The molecule has 0 aromatic carbocycles. The monoisotopic (exact) mass is 243 g/mol. The highest BCUT2D eigenvalue weighted by Crippen LogP contribution is 2.32. The maximum atomic E-state index is 11.6. The molecule has 1 fully saturated rings. The van der Waals surface area contributed by atoms with Crippen molar-refractivity contribution in [3.63, 3.8) is 0 Å². The van der Waals surface area contributed by atoms with Gasteiger partial charge in [-0.1, -0.05) is 6.92 Å². The fourth-order valence-electron chi connectivity index (χ4n) is 2.07. The summed E-state index contributed by atoms with van der Waals surface area (Å²) in [4.78, 5) is 22.3. The Labute approximate surface area is 102 Å². The molecule has 0 heterocycles. The molecule has 0 aliphatic heterocycles. The van der Waals surface area contributed by atoms with Crippen LogP contribution < -0.4 is 5.32 Å². The molecule has 0 spiro atoms. The molecule has 0 unspecified atom stereocenters. The molecule has 98 valence electrons. The minimum absolute atomic E-state index is 0.167. The summed E-state index contributed by atoms with van der Waals surface area (Å²) in [5, 5.41) is 11.3. The second-order valence-electron chi connectivity index (χ2n) is 4.49. The topological polar surface area (TPSA) is 75.6 Å². The van der Waals surface area contributed by atoms with E-state index in [9.17, 15) is 9.59 Å². The summed E-state index contributed by atoms with van der Waals surface area (Å²) in [6.07, 6.45) is 2.93. The van der Waals surface area contributed by atoms with Gasteiger partial charge in [0.25, 0.3) is 0 Å². The molecule has 0 aromatic heterocycles. The van der Waals surface area contributed by atoms with Crippen LogP contribution in [-0.4, -0.2) is 35.7 Å². The van der Waals surface area contributed by atoms with Crippen LogP contribution in [0.3, 0.4) is 0 Å². The summed E-state index contributed by atoms with van der Waals surface area (Å²) in [5.41, 5.74) is 0. The number of carboxylic acids is 1. The Morgan fingerprint density at radius 1 is 1.41 bits per heavy atom. The number of carbonyl (C=O) groups excluding carboxylic acids is 1. The lowest BCUT2D eigenvalue weighted by Gasteiger charge is -2.34. The molecule has 1 atom stereocenters. The van der Waals surface area contributed by atoms with Crippen molar-refractivity contribution in [2.75, 3.05) is 6.61 Å². The zero-order chi connectivity index (χ0) is 12.8. The highest BCUT2D eigenvalue weighted by atomic mass is 16.5. The Morgan fingerprint density at radius 2 is 2.06 bits per heavy atom. The van der Waals surface area contributed by atoms with Gasteiger partial charge in [-0.25, -0.2) is 4.79 Å². The van der Waals surface area contributed by atoms with Gasteiger partial charge in [0.1, 0.15) is 6.04 Å². The predicted octanol–water partition coefficient (Wildman–Crippen LogP) is 1.17. The molecule has 0 aromatic rings. The van der Waals surface area contributed by atoms with Crippen molar-refractivity contribution in [3.05, 3.63) is 0 Å². The normalized spacial score (nSPS) is 24.8. The van der Waals surface area contributed by atoms with Crippen LogP contribution in [-0.2, 0) is 14.3 Å². The van der Waals surface area contributed by atoms with Crippen molar-refractivity contribution < 1.29 is 19.4 Å². The lowest BCUT2D eigenvalue weighted by Crippen LogP contribution is -2.42. The van der Waals surface area contributed by atoms with Crippen LogP contribution in [0.4, 0.5) is 0 Å². The molecule has 2 N–H and O–H groups in total. The van der Waals surface area contributed by atoms with Gasteiger partial charge in [-0.05, 0) is 32.1 Å². The average Bonchev–Trinajstić information content (AvgIpc) is 2.22. The fourth-order valence-corrected chi connectivity index (χ4v) is 2.07. The number of hydrogen-bond acceptors (Lipinski definition) is 3. The summed E-state index contributed by atoms with van der Waals surface area (Å²) in [7, 11) is 0. The molecule has 1 amide bonds. The fraction of sp³-hybridized carbons (Fsp3) is 0.833. The van der Waals surface area contributed by atoms with Gasteiger partial charge < -0.3 is 15.2 Å². The Balaban J connectivity index is 2.20. The predicted molar refractivity (Wildman–Crippen MR) is 62.6 cm³/mol. The summed E-state index contributed by atoms with van der Waals surface area (Å²) in [6.45, 7) is 4.41. The molecule has 1 saturated carbocycles. The minimum atomic E-state index is -0.971. The third-order valence-electron chi connectivity index (χ3n) is 3.11. The number of hydrogen-bond donors (Lipinski definition) is 2. The van der Waals surface area contributed by atoms with Gasteiger partial charge in [-0.3, -0.25) is 4.79 Å². The first-order valence-corrected chi connectivity index (χ1v) is 6.20. The molecule has 17 heavy (non-hydrogen) atoms. The van der Waals surface area contributed by atoms with E-state index in [1.165, 1.54) is 0 Å². The SMILES string of the molecule is CCOC1CC(CC(=O)N[C@@H](CC)C(=O)O)C1. The number of aliphatic carboxylic acids is 1. The van der Waals surface area contributed by atoms with E-state index < -0.39 is 12.0 Å². The van der Waals surface area contributed by atoms with Crippen molar-refractivity contribution in [1.29, 1.82) is 0 Å². The van der Waals surface area contributed by atoms with Crippen LogP contribution in [0.2, 0.25) is 0 Å². The van der Waals surface area contributed by atoms with E-state index in [0.29, 0.717) is 31.5 Å². The minimum Gasteiger partial charge on any atom is -0.480 e. The van der Waals surface area contributed by atoms with E-state index >= 15 is 0 Å². The van der Waals surface area contributed by atoms with Gasteiger partial charge in [0, 0.05) is 13.0 Å². The van der Waals surface area contributed by atoms with Gasteiger partial charge in [0.15, 0.2) is 0 Å². The van der Waals surface area contributed by atoms with Crippen LogP contribution in [0.25, 0.3) is 0 Å². The molecule has 0 bridgehead atoms. The number of carboxylic acid groups (broad SMARTS) is 1. The Morgan fingerprint density at radius 3 is 2.53 bits per heavy atom. The van der Waals surface area contributed by atoms with E-state index in [2.05, 4.69) is 5.32 Å². The molecule has 1 aliphatic carbocycles. The smallest absolute Gasteiger partial charge is 0.326 e. The van der Waals surface area contributed by atoms with Crippen LogP contribution in [0.15, 0.2) is 0 Å². The standard InChI is InChI=1S/C12H21NO4/c1-3-10(12(15)16)13-11(14)7-8-5-9(6-8)17-4-2/h8-10H,3-7H2,1-2H3,(H,13,14)(H,15,16)/t8?,9?,10-/m0/s1. The number of ether oxygens (including phenoxy) is 1. The summed E-state index contributed by atoms with van der Waals surface area (Å²) < 4.78 is 5.40. The van der Waals surface area contributed by atoms with Gasteiger partial charge >= 0.3 is 5.97 Å². The van der Waals surface area contributed by atoms with E-state index in [-0.39, 0.29) is 5.91 Å². The van der Waals surface area contributed by atoms with E-state index in [4.69, 9.17) is 9.84 Å². The van der Waals surface area contributed by atoms with Gasteiger partial charge in [-0.2, -0.15) is 0 Å². The van der Waals surface area contributed by atoms with Crippen molar-refractivity contribution in [1.82, 2.24) is 5.32 Å². The second kappa shape index (κ2) is 6.59. The number of amides is 1. The zero-order valence-corrected chi connectivity index (χ0v) is 10.4. The van der Waals surface area contributed by atoms with Crippen molar-refractivity contribution in [2.24, 2.45) is 5.92 Å². The van der Waals surface area contributed by atoms with Gasteiger partial charge in [0.05, 0.1) is 6.10 Å². The summed E-state index contributed by atoms with van der Waals surface area (Å²) in [5.74, 6) is -0.793. The first-order valence-electron chi connectivity index (χ1n) is 6.20. The molecule has 5 nitrogen and oxygen atoms in total. The molecule has 1 aliphatic rings. The van der Waals surface area contributed by atoms with Gasteiger partial charge in [-0.15, -0.1) is 0 Å². The molecular formula is C12H21NO4. The highest BCUT2D eigenvalue weighted by molar-refractivity contribution is 5.83. The molecule has 0 radical (unpaired) electrons. The first-order chi connectivity index (χ1) is 8.06. The number of nitrogens with one attached hydrogen (secondary N) is 1. The van der Waals surface area contributed by atoms with Crippen molar-refractivity contribution in [3.8, 4) is 0 Å². The quantitative estimate of drug-likeness (QED) is 0.703.